The Balaban J connectivity index is 2.39. The van der Waals surface area contributed by atoms with Crippen LogP contribution in [0.2, 0.25) is 0 Å². The largest absolute Gasteiger partial charge is 0.507 e. The monoisotopic (exact) mass is 222 g/mol. The molecule has 1 aromatic carbocycles. The van der Waals surface area contributed by atoms with Gasteiger partial charge in [0.05, 0.1) is 12.2 Å². The molecular weight excluding hydrogens is 204 g/mol. The molecule has 0 aromatic heterocycles. The van der Waals surface area contributed by atoms with Crippen LogP contribution < -0.4 is 4.74 Å². The maximum absolute atomic E-state index is 10.6. The lowest BCUT2D eigenvalue weighted by Crippen LogP contribution is -1.97. The predicted molar refractivity (Wildman–Crippen MR) is 63.1 cm³/mol. The van der Waals surface area contributed by atoms with E-state index in [1.165, 1.54) is 18.9 Å². The third-order valence-electron chi connectivity index (χ3n) is 2.39. The van der Waals surface area contributed by atoms with Gasteiger partial charge in [-0.1, -0.05) is 26.2 Å². The Kier molecular flexibility index (Phi) is 5.40. The van der Waals surface area contributed by atoms with Crippen LogP contribution in [-0.2, 0) is 0 Å². The number of rotatable bonds is 7. The highest BCUT2D eigenvalue weighted by atomic mass is 16.5. The Morgan fingerprint density at radius 3 is 2.81 bits per heavy atom. The standard InChI is InChI=1S/C13H18O3/c1-2-3-4-5-8-16-12-6-7-13(15)11(9-12)10-14/h6-7,9-10,15H,2-5,8H2,1H3. The third-order valence-corrected chi connectivity index (χ3v) is 2.39. The van der Waals surface area contributed by atoms with Crippen molar-refractivity contribution in [3.8, 4) is 11.5 Å². The molecule has 0 heterocycles. The van der Waals surface area contributed by atoms with E-state index < -0.39 is 0 Å². The van der Waals surface area contributed by atoms with Gasteiger partial charge < -0.3 is 9.84 Å². The maximum Gasteiger partial charge on any atom is 0.153 e. The number of ether oxygens (including phenoxy) is 1. The molecule has 1 N–H and O–H groups in total. The van der Waals surface area contributed by atoms with E-state index in [0.717, 1.165) is 12.8 Å². The summed E-state index contributed by atoms with van der Waals surface area (Å²) >= 11 is 0. The lowest BCUT2D eigenvalue weighted by molar-refractivity contribution is 0.112. The van der Waals surface area contributed by atoms with Crippen molar-refractivity contribution in [2.75, 3.05) is 6.61 Å². The zero-order valence-electron chi connectivity index (χ0n) is 9.61. The quantitative estimate of drug-likeness (QED) is 0.569. The molecule has 3 nitrogen and oxygen atoms in total. The van der Waals surface area contributed by atoms with Gasteiger partial charge in [0.1, 0.15) is 11.5 Å². The number of unbranched alkanes of at least 4 members (excludes halogenated alkanes) is 3. The second kappa shape index (κ2) is 6.88. The molecule has 0 spiro atoms. The van der Waals surface area contributed by atoms with Gasteiger partial charge in [-0.3, -0.25) is 4.79 Å². The third kappa shape index (κ3) is 3.93. The molecule has 0 atom stereocenters. The van der Waals surface area contributed by atoms with Crippen molar-refractivity contribution in [3.05, 3.63) is 23.8 Å². The Hall–Kier alpha value is -1.51. The van der Waals surface area contributed by atoms with Crippen molar-refractivity contribution >= 4 is 6.29 Å². The predicted octanol–water partition coefficient (Wildman–Crippen LogP) is 3.16. The van der Waals surface area contributed by atoms with E-state index in [1.807, 2.05) is 0 Å². The van der Waals surface area contributed by atoms with E-state index in [2.05, 4.69) is 6.92 Å². The average molecular weight is 222 g/mol. The molecule has 0 saturated carbocycles. The minimum Gasteiger partial charge on any atom is -0.507 e. The van der Waals surface area contributed by atoms with Crippen LogP contribution in [0.5, 0.6) is 11.5 Å². The number of hydrogen-bond donors (Lipinski definition) is 1. The fourth-order valence-electron chi connectivity index (χ4n) is 1.44. The first kappa shape index (κ1) is 12.6. The van der Waals surface area contributed by atoms with Crippen LogP contribution in [0, 0.1) is 0 Å². The minimum absolute atomic E-state index is 0.00617. The van der Waals surface area contributed by atoms with E-state index >= 15 is 0 Å². The molecule has 0 saturated heterocycles. The molecule has 1 aromatic rings. The van der Waals surface area contributed by atoms with Gasteiger partial charge in [0.2, 0.25) is 0 Å². The van der Waals surface area contributed by atoms with Crippen LogP contribution >= 0.6 is 0 Å². The van der Waals surface area contributed by atoms with Gasteiger partial charge in [0.25, 0.3) is 0 Å². The van der Waals surface area contributed by atoms with Crippen LogP contribution in [0.25, 0.3) is 0 Å². The summed E-state index contributed by atoms with van der Waals surface area (Å²) in [4.78, 5) is 10.6. The first-order chi connectivity index (χ1) is 7.77. The molecule has 88 valence electrons. The number of benzene rings is 1. The molecule has 0 amide bonds. The summed E-state index contributed by atoms with van der Waals surface area (Å²) in [6.07, 6.45) is 5.23. The summed E-state index contributed by atoms with van der Waals surface area (Å²) in [6, 6.07) is 4.70. The second-order valence-corrected chi connectivity index (χ2v) is 3.75. The molecule has 0 unspecified atom stereocenters. The highest BCUT2D eigenvalue weighted by molar-refractivity contribution is 5.79. The van der Waals surface area contributed by atoms with Crippen LogP contribution in [0.3, 0.4) is 0 Å². The van der Waals surface area contributed by atoms with E-state index in [4.69, 9.17) is 4.74 Å². The van der Waals surface area contributed by atoms with Crippen molar-refractivity contribution in [1.82, 2.24) is 0 Å². The van der Waals surface area contributed by atoms with Crippen LogP contribution in [0.4, 0.5) is 0 Å². The van der Waals surface area contributed by atoms with Crippen LogP contribution in [0.15, 0.2) is 18.2 Å². The van der Waals surface area contributed by atoms with Gasteiger partial charge in [0, 0.05) is 0 Å². The Labute approximate surface area is 96.1 Å². The first-order valence-corrected chi connectivity index (χ1v) is 5.69. The summed E-state index contributed by atoms with van der Waals surface area (Å²) in [5, 5.41) is 9.29. The fourth-order valence-corrected chi connectivity index (χ4v) is 1.44. The van der Waals surface area contributed by atoms with Crippen molar-refractivity contribution < 1.29 is 14.6 Å². The second-order valence-electron chi connectivity index (χ2n) is 3.75. The molecule has 16 heavy (non-hydrogen) atoms. The molecule has 0 aliphatic rings. The fraction of sp³-hybridized carbons (Fsp3) is 0.462. The number of phenolic OH excluding ortho intramolecular Hbond substituents is 1. The van der Waals surface area contributed by atoms with Crippen LogP contribution in [-0.4, -0.2) is 18.0 Å². The van der Waals surface area contributed by atoms with Crippen molar-refractivity contribution in [1.29, 1.82) is 0 Å². The normalized spacial score (nSPS) is 10.1. The number of hydrogen-bond acceptors (Lipinski definition) is 3. The van der Waals surface area contributed by atoms with Gasteiger partial charge in [-0.15, -0.1) is 0 Å². The lowest BCUT2D eigenvalue weighted by atomic mass is 10.2. The van der Waals surface area contributed by atoms with Gasteiger partial charge in [-0.2, -0.15) is 0 Å². The Morgan fingerprint density at radius 1 is 1.31 bits per heavy atom. The van der Waals surface area contributed by atoms with Gasteiger partial charge >= 0.3 is 0 Å². The van der Waals surface area contributed by atoms with E-state index in [1.54, 1.807) is 12.1 Å². The summed E-state index contributed by atoms with van der Waals surface area (Å²) in [7, 11) is 0. The van der Waals surface area contributed by atoms with E-state index in [9.17, 15) is 9.90 Å². The maximum atomic E-state index is 10.6. The van der Waals surface area contributed by atoms with E-state index in [0.29, 0.717) is 18.6 Å². The summed E-state index contributed by atoms with van der Waals surface area (Å²) < 4.78 is 5.48. The smallest absolute Gasteiger partial charge is 0.153 e. The molecule has 0 aliphatic heterocycles. The van der Waals surface area contributed by atoms with E-state index in [-0.39, 0.29) is 11.3 Å². The molecule has 1 rings (SSSR count). The Bertz CT molecular complexity index is 334. The zero-order valence-corrected chi connectivity index (χ0v) is 9.61. The first-order valence-electron chi connectivity index (χ1n) is 5.69. The minimum atomic E-state index is -0.00617. The van der Waals surface area contributed by atoms with Crippen molar-refractivity contribution in [2.45, 2.75) is 32.6 Å². The summed E-state index contributed by atoms with van der Waals surface area (Å²) in [6.45, 7) is 2.82. The molecule has 0 radical (unpaired) electrons. The highest BCUT2D eigenvalue weighted by Gasteiger charge is 2.01. The summed E-state index contributed by atoms with van der Waals surface area (Å²) in [5.74, 6) is 0.629. The molecule has 0 fully saturated rings. The molecule has 3 heteroatoms. The van der Waals surface area contributed by atoms with Crippen molar-refractivity contribution in [2.24, 2.45) is 0 Å². The number of phenols is 1. The number of aromatic hydroxyl groups is 1. The zero-order chi connectivity index (χ0) is 11.8. The SMILES string of the molecule is CCCCCCOc1ccc(O)c(C=O)c1. The number of carbonyl (C=O) groups is 1. The molecule has 0 aliphatic carbocycles. The average Bonchev–Trinajstić information content (AvgIpc) is 2.31. The Morgan fingerprint density at radius 2 is 2.12 bits per heavy atom. The van der Waals surface area contributed by atoms with Crippen LogP contribution in [0.1, 0.15) is 43.0 Å². The topological polar surface area (TPSA) is 46.5 Å². The van der Waals surface area contributed by atoms with Gasteiger partial charge in [0.15, 0.2) is 6.29 Å². The molecule has 0 bridgehead atoms. The van der Waals surface area contributed by atoms with Crippen molar-refractivity contribution in [3.63, 3.8) is 0 Å². The number of carbonyl (C=O) groups excluding carboxylic acids is 1. The number of aldehydes is 1. The highest BCUT2D eigenvalue weighted by Crippen LogP contribution is 2.21. The summed E-state index contributed by atoms with van der Waals surface area (Å²) in [5.41, 5.74) is 0.269. The van der Waals surface area contributed by atoms with Gasteiger partial charge in [-0.05, 0) is 24.6 Å². The van der Waals surface area contributed by atoms with Gasteiger partial charge in [-0.25, -0.2) is 0 Å². The lowest BCUT2D eigenvalue weighted by Gasteiger charge is -2.06. The molecular formula is C13H18O3.